The molecule has 1 aromatic rings. The number of nitrogens with one attached hydrogen (secondary N) is 2. The standard InChI is InChI=1S/C8H15N5/c1-2-13-8(6-10-12-13)11-7-3-4-9-5-7/h6-7,9,11H,2-5H2,1H3. The lowest BCUT2D eigenvalue weighted by atomic mass is 10.3. The summed E-state index contributed by atoms with van der Waals surface area (Å²) in [5, 5.41) is 14.6. The fourth-order valence-corrected chi connectivity index (χ4v) is 1.59. The number of nitrogens with zero attached hydrogens (tertiary/aromatic N) is 3. The Morgan fingerprint density at radius 3 is 3.38 bits per heavy atom. The minimum Gasteiger partial charge on any atom is -0.365 e. The Labute approximate surface area is 77.5 Å². The summed E-state index contributed by atoms with van der Waals surface area (Å²) in [5.74, 6) is 1.02. The van der Waals surface area contributed by atoms with Gasteiger partial charge in [0.1, 0.15) is 5.82 Å². The quantitative estimate of drug-likeness (QED) is 0.693. The highest BCUT2D eigenvalue weighted by atomic mass is 15.5. The van der Waals surface area contributed by atoms with Gasteiger partial charge in [-0.05, 0) is 19.9 Å². The van der Waals surface area contributed by atoms with Gasteiger partial charge in [-0.3, -0.25) is 0 Å². The van der Waals surface area contributed by atoms with Gasteiger partial charge in [0.2, 0.25) is 0 Å². The van der Waals surface area contributed by atoms with Crippen LogP contribution in [0.3, 0.4) is 0 Å². The topological polar surface area (TPSA) is 54.8 Å². The van der Waals surface area contributed by atoms with Gasteiger partial charge < -0.3 is 10.6 Å². The van der Waals surface area contributed by atoms with Crippen molar-refractivity contribution in [1.29, 1.82) is 0 Å². The van der Waals surface area contributed by atoms with Gasteiger partial charge in [0.05, 0.1) is 6.20 Å². The Morgan fingerprint density at radius 2 is 2.69 bits per heavy atom. The van der Waals surface area contributed by atoms with Crippen LogP contribution in [-0.2, 0) is 6.54 Å². The molecule has 0 aliphatic carbocycles. The molecule has 13 heavy (non-hydrogen) atoms. The van der Waals surface area contributed by atoms with Crippen molar-refractivity contribution in [3.63, 3.8) is 0 Å². The van der Waals surface area contributed by atoms with E-state index in [0.717, 1.165) is 25.5 Å². The molecule has 1 atom stereocenters. The van der Waals surface area contributed by atoms with E-state index < -0.39 is 0 Å². The van der Waals surface area contributed by atoms with E-state index in [0.29, 0.717) is 6.04 Å². The van der Waals surface area contributed by atoms with E-state index >= 15 is 0 Å². The minimum absolute atomic E-state index is 0.531. The maximum Gasteiger partial charge on any atom is 0.145 e. The predicted octanol–water partition coefficient (Wildman–Crippen LogP) is 0.0718. The lowest BCUT2D eigenvalue weighted by Gasteiger charge is -2.12. The van der Waals surface area contributed by atoms with Crippen LogP contribution in [0.1, 0.15) is 13.3 Å². The van der Waals surface area contributed by atoms with Crippen molar-refractivity contribution in [1.82, 2.24) is 20.3 Å². The first-order valence-electron chi connectivity index (χ1n) is 4.76. The molecule has 0 saturated carbocycles. The van der Waals surface area contributed by atoms with Crippen LogP contribution in [0, 0.1) is 0 Å². The summed E-state index contributed by atoms with van der Waals surface area (Å²) < 4.78 is 1.87. The van der Waals surface area contributed by atoms with E-state index in [-0.39, 0.29) is 0 Å². The second kappa shape index (κ2) is 3.74. The number of hydrogen-bond donors (Lipinski definition) is 2. The molecule has 1 fully saturated rings. The van der Waals surface area contributed by atoms with Crippen molar-refractivity contribution in [2.45, 2.75) is 25.9 Å². The number of aryl methyl sites for hydroxylation is 1. The lowest BCUT2D eigenvalue weighted by Crippen LogP contribution is -2.23. The van der Waals surface area contributed by atoms with Gasteiger partial charge in [-0.25, -0.2) is 4.68 Å². The van der Waals surface area contributed by atoms with Crippen LogP contribution < -0.4 is 10.6 Å². The molecule has 72 valence electrons. The van der Waals surface area contributed by atoms with Crippen LogP contribution in [0.15, 0.2) is 6.20 Å². The molecular formula is C8H15N5. The van der Waals surface area contributed by atoms with Gasteiger partial charge in [0.25, 0.3) is 0 Å². The number of rotatable bonds is 3. The summed E-state index contributed by atoms with van der Waals surface area (Å²) in [7, 11) is 0. The van der Waals surface area contributed by atoms with Crippen molar-refractivity contribution < 1.29 is 0 Å². The van der Waals surface area contributed by atoms with Crippen molar-refractivity contribution in [2.75, 3.05) is 18.4 Å². The van der Waals surface area contributed by atoms with Crippen LogP contribution >= 0.6 is 0 Å². The average molecular weight is 181 g/mol. The third-order valence-electron chi connectivity index (χ3n) is 2.33. The smallest absolute Gasteiger partial charge is 0.145 e. The highest BCUT2D eigenvalue weighted by Crippen LogP contribution is 2.09. The molecule has 0 radical (unpaired) electrons. The molecule has 1 aliphatic rings. The fourth-order valence-electron chi connectivity index (χ4n) is 1.59. The molecular weight excluding hydrogens is 166 g/mol. The SMILES string of the molecule is CCn1nncc1NC1CCNC1. The second-order valence-electron chi connectivity index (χ2n) is 3.27. The van der Waals surface area contributed by atoms with Crippen molar-refractivity contribution in [3.05, 3.63) is 6.20 Å². The molecule has 0 amide bonds. The summed E-state index contributed by atoms with van der Waals surface area (Å²) in [4.78, 5) is 0. The number of anilines is 1. The van der Waals surface area contributed by atoms with Gasteiger partial charge in [-0.15, -0.1) is 5.10 Å². The van der Waals surface area contributed by atoms with Gasteiger partial charge in [0.15, 0.2) is 0 Å². The second-order valence-corrected chi connectivity index (χ2v) is 3.27. The third-order valence-corrected chi connectivity index (χ3v) is 2.33. The zero-order valence-corrected chi connectivity index (χ0v) is 7.82. The van der Waals surface area contributed by atoms with Crippen LogP contribution in [0.2, 0.25) is 0 Å². The van der Waals surface area contributed by atoms with E-state index in [1.807, 2.05) is 4.68 Å². The van der Waals surface area contributed by atoms with Crippen molar-refractivity contribution >= 4 is 5.82 Å². The Hall–Kier alpha value is -1.10. The maximum absolute atomic E-state index is 3.96. The highest BCUT2D eigenvalue weighted by Gasteiger charge is 2.15. The molecule has 0 bridgehead atoms. The third kappa shape index (κ3) is 1.80. The largest absolute Gasteiger partial charge is 0.365 e. The van der Waals surface area contributed by atoms with E-state index in [1.165, 1.54) is 6.42 Å². The van der Waals surface area contributed by atoms with E-state index in [9.17, 15) is 0 Å². The Balaban J connectivity index is 1.99. The zero-order valence-electron chi connectivity index (χ0n) is 7.82. The Bertz CT molecular complexity index is 263. The summed E-state index contributed by atoms with van der Waals surface area (Å²) in [6, 6.07) is 0.531. The van der Waals surface area contributed by atoms with Crippen molar-refractivity contribution in [3.8, 4) is 0 Å². The Kier molecular flexibility index (Phi) is 2.44. The highest BCUT2D eigenvalue weighted by molar-refractivity contribution is 5.32. The van der Waals surface area contributed by atoms with Crippen LogP contribution in [0.5, 0.6) is 0 Å². The molecule has 5 heteroatoms. The zero-order chi connectivity index (χ0) is 9.10. The van der Waals surface area contributed by atoms with Crippen LogP contribution in [0.25, 0.3) is 0 Å². The van der Waals surface area contributed by atoms with Crippen molar-refractivity contribution in [2.24, 2.45) is 0 Å². The normalized spacial score (nSPS) is 22.1. The van der Waals surface area contributed by atoms with Crippen LogP contribution in [-0.4, -0.2) is 34.1 Å². The van der Waals surface area contributed by atoms with E-state index in [2.05, 4.69) is 27.9 Å². The molecule has 2 rings (SSSR count). The monoisotopic (exact) mass is 181 g/mol. The first kappa shape index (κ1) is 8.50. The summed E-state index contributed by atoms with van der Waals surface area (Å²) in [5.41, 5.74) is 0. The summed E-state index contributed by atoms with van der Waals surface area (Å²) >= 11 is 0. The summed E-state index contributed by atoms with van der Waals surface area (Å²) in [6.07, 6.45) is 2.96. The fraction of sp³-hybridized carbons (Fsp3) is 0.750. The number of hydrogen-bond acceptors (Lipinski definition) is 4. The molecule has 5 nitrogen and oxygen atoms in total. The molecule has 1 aromatic heterocycles. The number of aromatic nitrogens is 3. The maximum atomic E-state index is 3.96. The first-order valence-corrected chi connectivity index (χ1v) is 4.76. The Morgan fingerprint density at radius 1 is 1.77 bits per heavy atom. The predicted molar refractivity (Wildman–Crippen MR) is 50.6 cm³/mol. The van der Waals surface area contributed by atoms with E-state index in [4.69, 9.17) is 0 Å². The molecule has 2 heterocycles. The van der Waals surface area contributed by atoms with Gasteiger partial charge >= 0.3 is 0 Å². The molecule has 0 spiro atoms. The van der Waals surface area contributed by atoms with Gasteiger partial charge in [-0.2, -0.15) is 0 Å². The molecule has 0 aromatic carbocycles. The minimum atomic E-state index is 0.531. The molecule has 1 saturated heterocycles. The lowest BCUT2D eigenvalue weighted by molar-refractivity contribution is 0.624. The average Bonchev–Trinajstić information content (AvgIpc) is 2.76. The molecule has 1 aliphatic heterocycles. The van der Waals surface area contributed by atoms with Crippen LogP contribution in [0.4, 0.5) is 5.82 Å². The molecule has 1 unspecified atom stereocenters. The molecule has 2 N–H and O–H groups in total. The van der Waals surface area contributed by atoms with Gasteiger partial charge in [0, 0.05) is 19.1 Å². The van der Waals surface area contributed by atoms with Gasteiger partial charge in [-0.1, -0.05) is 5.21 Å². The first-order chi connectivity index (χ1) is 6.40. The summed E-state index contributed by atoms with van der Waals surface area (Å²) in [6.45, 7) is 5.06. The van der Waals surface area contributed by atoms with E-state index in [1.54, 1.807) is 6.20 Å².